The van der Waals surface area contributed by atoms with Crippen LogP contribution in [0.3, 0.4) is 0 Å². The van der Waals surface area contributed by atoms with Crippen LogP contribution >= 0.6 is 0 Å². The van der Waals surface area contributed by atoms with Crippen molar-refractivity contribution in [2.24, 2.45) is 0 Å². The van der Waals surface area contributed by atoms with Crippen LogP contribution in [0.4, 0.5) is 9.18 Å². The summed E-state index contributed by atoms with van der Waals surface area (Å²) in [4.78, 5) is 25.7. The second kappa shape index (κ2) is 9.36. The summed E-state index contributed by atoms with van der Waals surface area (Å²) in [7, 11) is 1.61. The average Bonchev–Trinajstić information content (AvgIpc) is 2.64. The van der Waals surface area contributed by atoms with E-state index in [1.54, 1.807) is 12.0 Å². The summed E-state index contributed by atoms with van der Waals surface area (Å²) in [5, 5.41) is 5.43. The minimum Gasteiger partial charge on any atom is -0.385 e. The third-order valence-corrected chi connectivity index (χ3v) is 4.35. The zero-order valence-corrected chi connectivity index (χ0v) is 14.6. The number of benzene rings is 1. The molecule has 7 heteroatoms. The number of piperidine rings is 1. The van der Waals surface area contributed by atoms with Gasteiger partial charge in [-0.15, -0.1) is 0 Å². The van der Waals surface area contributed by atoms with E-state index < -0.39 is 11.6 Å². The molecule has 1 fully saturated rings. The Morgan fingerprint density at radius 2 is 1.88 bits per heavy atom. The standard InChI is InChI=1S/C18H26FN3O3/c1-25-13-5-10-20-17(24)22-11-8-18(19,9-12-22)16(23)21-14-15-6-3-2-4-7-15/h2-4,6-7H,5,8-14H2,1H3,(H,20,24)(H,21,23). The van der Waals surface area contributed by atoms with Gasteiger partial charge in [-0.3, -0.25) is 4.79 Å². The summed E-state index contributed by atoms with van der Waals surface area (Å²) in [6.45, 7) is 1.85. The van der Waals surface area contributed by atoms with Crippen LogP contribution in [0.5, 0.6) is 0 Å². The van der Waals surface area contributed by atoms with Gasteiger partial charge in [0, 0.05) is 52.7 Å². The monoisotopic (exact) mass is 351 g/mol. The van der Waals surface area contributed by atoms with Gasteiger partial charge in [-0.25, -0.2) is 9.18 Å². The highest BCUT2D eigenvalue weighted by Crippen LogP contribution is 2.27. The summed E-state index contributed by atoms with van der Waals surface area (Å²) in [5.41, 5.74) is -0.992. The van der Waals surface area contributed by atoms with Crippen LogP contribution in [0.1, 0.15) is 24.8 Å². The van der Waals surface area contributed by atoms with E-state index in [4.69, 9.17) is 4.74 Å². The van der Waals surface area contributed by atoms with Crippen LogP contribution in [0, 0.1) is 0 Å². The van der Waals surface area contributed by atoms with Crippen LogP contribution in [-0.4, -0.2) is 55.9 Å². The highest BCUT2D eigenvalue weighted by atomic mass is 19.1. The Balaban J connectivity index is 1.75. The van der Waals surface area contributed by atoms with Gasteiger partial charge in [0.15, 0.2) is 5.67 Å². The summed E-state index contributed by atoms with van der Waals surface area (Å²) < 4.78 is 19.8. The van der Waals surface area contributed by atoms with E-state index in [9.17, 15) is 14.0 Å². The number of nitrogens with zero attached hydrogens (tertiary/aromatic N) is 1. The molecule has 0 atom stereocenters. The fraction of sp³-hybridized carbons (Fsp3) is 0.556. The fourth-order valence-electron chi connectivity index (χ4n) is 2.75. The number of carbonyl (C=O) groups excluding carboxylic acids is 2. The number of hydrogen-bond donors (Lipinski definition) is 2. The Bertz CT molecular complexity index is 560. The van der Waals surface area contributed by atoms with Gasteiger partial charge in [0.25, 0.3) is 5.91 Å². The quantitative estimate of drug-likeness (QED) is 0.737. The molecule has 1 aliphatic heterocycles. The van der Waals surface area contributed by atoms with Gasteiger partial charge in [0.2, 0.25) is 0 Å². The second-order valence-corrected chi connectivity index (χ2v) is 6.20. The lowest BCUT2D eigenvalue weighted by molar-refractivity contribution is -0.135. The molecule has 1 aromatic rings. The fourth-order valence-corrected chi connectivity index (χ4v) is 2.75. The number of rotatable bonds is 7. The molecule has 1 aromatic carbocycles. The number of methoxy groups -OCH3 is 1. The van der Waals surface area contributed by atoms with Gasteiger partial charge in [-0.2, -0.15) is 0 Å². The molecule has 2 N–H and O–H groups in total. The van der Waals surface area contributed by atoms with Crippen molar-refractivity contribution in [2.45, 2.75) is 31.5 Å². The Labute approximate surface area is 147 Å². The lowest BCUT2D eigenvalue weighted by Gasteiger charge is -2.35. The number of ether oxygens (including phenoxy) is 1. The maximum atomic E-state index is 14.9. The maximum absolute atomic E-state index is 14.9. The molecule has 0 aliphatic carbocycles. The molecule has 138 valence electrons. The van der Waals surface area contributed by atoms with E-state index in [2.05, 4.69) is 10.6 Å². The molecule has 0 spiro atoms. The summed E-state index contributed by atoms with van der Waals surface area (Å²) >= 11 is 0. The first kappa shape index (κ1) is 19.2. The predicted octanol–water partition coefficient (Wildman–Crippen LogP) is 1.85. The minimum absolute atomic E-state index is 0.0130. The summed E-state index contributed by atoms with van der Waals surface area (Å²) in [5.74, 6) is -0.600. The van der Waals surface area contributed by atoms with Gasteiger partial charge in [0.1, 0.15) is 0 Å². The zero-order valence-electron chi connectivity index (χ0n) is 14.6. The second-order valence-electron chi connectivity index (χ2n) is 6.20. The number of alkyl halides is 1. The van der Waals surface area contributed by atoms with Crippen molar-refractivity contribution in [3.8, 4) is 0 Å². The van der Waals surface area contributed by atoms with Crippen LogP contribution in [0.2, 0.25) is 0 Å². The largest absolute Gasteiger partial charge is 0.385 e. The molecule has 0 radical (unpaired) electrons. The molecule has 25 heavy (non-hydrogen) atoms. The molecule has 0 aromatic heterocycles. The van der Waals surface area contributed by atoms with E-state index >= 15 is 0 Å². The first-order valence-electron chi connectivity index (χ1n) is 8.58. The van der Waals surface area contributed by atoms with Crippen molar-refractivity contribution in [1.82, 2.24) is 15.5 Å². The molecule has 2 rings (SSSR count). The zero-order chi connectivity index (χ0) is 18.1. The van der Waals surface area contributed by atoms with E-state index in [1.807, 2.05) is 30.3 Å². The molecule has 1 aliphatic rings. The number of carbonyl (C=O) groups is 2. The molecular formula is C18H26FN3O3. The molecule has 0 unspecified atom stereocenters. The third-order valence-electron chi connectivity index (χ3n) is 4.35. The normalized spacial score (nSPS) is 16.3. The van der Waals surface area contributed by atoms with Crippen LogP contribution < -0.4 is 10.6 Å². The van der Waals surface area contributed by atoms with Crippen molar-refractivity contribution in [3.63, 3.8) is 0 Å². The van der Waals surface area contributed by atoms with Crippen LogP contribution in [0.15, 0.2) is 30.3 Å². The van der Waals surface area contributed by atoms with E-state index in [1.165, 1.54) is 0 Å². The number of halogens is 1. The van der Waals surface area contributed by atoms with Gasteiger partial charge in [-0.05, 0) is 12.0 Å². The number of hydrogen-bond acceptors (Lipinski definition) is 3. The molecule has 1 saturated heterocycles. The Morgan fingerprint density at radius 1 is 1.20 bits per heavy atom. The molecular weight excluding hydrogens is 325 g/mol. The van der Waals surface area contributed by atoms with Gasteiger partial charge in [-0.1, -0.05) is 30.3 Å². The molecule has 6 nitrogen and oxygen atoms in total. The lowest BCUT2D eigenvalue weighted by Crippen LogP contribution is -2.53. The van der Waals surface area contributed by atoms with Crippen molar-refractivity contribution >= 4 is 11.9 Å². The van der Waals surface area contributed by atoms with Crippen molar-refractivity contribution in [3.05, 3.63) is 35.9 Å². The highest BCUT2D eigenvalue weighted by Gasteiger charge is 2.42. The van der Waals surface area contributed by atoms with Crippen molar-refractivity contribution < 1.29 is 18.7 Å². The highest BCUT2D eigenvalue weighted by molar-refractivity contribution is 5.85. The Hall–Kier alpha value is -2.15. The number of amides is 3. The summed E-state index contributed by atoms with van der Waals surface area (Å²) in [6, 6.07) is 9.16. The van der Waals surface area contributed by atoms with Crippen molar-refractivity contribution in [2.75, 3.05) is 33.4 Å². The number of likely N-dealkylation sites (tertiary alicyclic amines) is 1. The van der Waals surface area contributed by atoms with Gasteiger partial charge < -0.3 is 20.3 Å². The topological polar surface area (TPSA) is 70.7 Å². The average molecular weight is 351 g/mol. The molecule has 0 bridgehead atoms. The third kappa shape index (κ3) is 5.70. The minimum atomic E-state index is -1.92. The SMILES string of the molecule is COCCCNC(=O)N1CCC(F)(C(=O)NCc2ccccc2)CC1. The molecule has 3 amide bonds. The number of urea groups is 1. The number of nitrogens with one attached hydrogen (secondary N) is 2. The first-order chi connectivity index (χ1) is 12.0. The van der Waals surface area contributed by atoms with E-state index in [0.717, 1.165) is 12.0 Å². The Kier molecular flexibility index (Phi) is 7.18. The lowest BCUT2D eigenvalue weighted by atomic mass is 9.92. The molecule has 1 heterocycles. The maximum Gasteiger partial charge on any atom is 0.317 e. The smallest absolute Gasteiger partial charge is 0.317 e. The van der Waals surface area contributed by atoms with E-state index in [0.29, 0.717) is 19.7 Å². The first-order valence-corrected chi connectivity index (χ1v) is 8.58. The summed E-state index contributed by atoms with van der Waals surface area (Å²) in [6.07, 6.45) is 0.753. The van der Waals surface area contributed by atoms with Crippen molar-refractivity contribution in [1.29, 1.82) is 0 Å². The van der Waals surface area contributed by atoms with Gasteiger partial charge in [0.05, 0.1) is 0 Å². The Morgan fingerprint density at radius 3 is 2.52 bits per heavy atom. The molecule has 0 saturated carbocycles. The van der Waals surface area contributed by atoms with Crippen LogP contribution in [0.25, 0.3) is 0 Å². The van der Waals surface area contributed by atoms with Gasteiger partial charge >= 0.3 is 6.03 Å². The van der Waals surface area contributed by atoms with E-state index in [-0.39, 0.29) is 32.0 Å². The van der Waals surface area contributed by atoms with Crippen LogP contribution in [-0.2, 0) is 16.1 Å². The predicted molar refractivity (Wildman–Crippen MR) is 92.8 cm³/mol.